The van der Waals surface area contributed by atoms with Crippen LogP contribution >= 0.6 is 11.8 Å². The van der Waals surface area contributed by atoms with E-state index in [2.05, 4.69) is 12.2 Å². The molecule has 2 atom stereocenters. The highest BCUT2D eigenvalue weighted by Crippen LogP contribution is 2.37. The van der Waals surface area contributed by atoms with Crippen LogP contribution in [0.25, 0.3) is 0 Å². The maximum Gasteiger partial charge on any atom is 0.417 e. The minimum Gasteiger partial charge on any atom is -0.496 e. The number of alkyl carbamates (subject to hydrolysis) is 1. The molecule has 0 aliphatic carbocycles. The van der Waals surface area contributed by atoms with Crippen molar-refractivity contribution >= 4 is 29.9 Å². The molecule has 1 saturated heterocycles. The third kappa shape index (κ3) is 15.0. The van der Waals surface area contributed by atoms with Gasteiger partial charge in [-0.05, 0) is 31.9 Å². The Morgan fingerprint density at radius 3 is 1.98 bits per heavy atom. The molecule has 49 heavy (non-hydrogen) atoms. The zero-order valence-electron chi connectivity index (χ0n) is 30.2. The number of imide groups is 1. The Labute approximate surface area is 298 Å². The van der Waals surface area contributed by atoms with Crippen molar-refractivity contribution in [1.29, 1.82) is 0 Å². The Balaban J connectivity index is 1.27. The van der Waals surface area contributed by atoms with Gasteiger partial charge in [0.15, 0.2) is 6.20 Å². The SMILES string of the molecule is CCCCCCCCCCCCCCCCNC(=O)OCC1CC(COC(=O)N(Cc2cccc[n+]2CC)C(=O)c2ccccc2OC)S1. The molecule has 0 radical (unpaired) electrons. The fraction of sp³-hybridized carbons (Fsp3) is 0.641. The maximum absolute atomic E-state index is 13.6. The van der Waals surface area contributed by atoms with Gasteiger partial charge in [-0.15, -0.1) is 11.8 Å². The van der Waals surface area contributed by atoms with Crippen molar-refractivity contribution in [2.75, 3.05) is 26.9 Å². The molecule has 2 heterocycles. The number of methoxy groups -OCH3 is 1. The molecule has 1 aromatic heterocycles. The molecule has 1 N–H and O–H groups in total. The van der Waals surface area contributed by atoms with Crippen molar-refractivity contribution in [1.82, 2.24) is 10.2 Å². The van der Waals surface area contributed by atoms with Crippen LogP contribution < -0.4 is 14.6 Å². The topological polar surface area (TPSA) is 98.0 Å². The largest absolute Gasteiger partial charge is 0.496 e. The van der Waals surface area contributed by atoms with Gasteiger partial charge in [-0.1, -0.05) is 109 Å². The lowest BCUT2D eigenvalue weighted by Gasteiger charge is -2.34. The van der Waals surface area contributed by atoms with Gasteiger partial charge in [0.1, 0.15) is 32.1 Å². The van der Waals surface area contributed by atoms with Crippen LogP contribution in [0.5, 0.6) is 5.75 Å². The van der Waals surface area contributed by atoms with Gasteiger partial charge >= 0.3 is 12.2 Å². The van der Waals surface area contributed by atoms with E-state index in [9.17, 15) is 14.4 Å². The van der Waals surface area contributed by atoms with Crippen LogP contribution in [-0.4, -0.2) is 60.4 Å². The molecule has 3 rings (SSSR count). The fourth-order valence-corrected chi connectivity index (χ4v) is 7.22. The Kier molecular flexibility index (Phi) is 19.7. The predicted octanol–water partition coefficient (Wildman–Crippen LogP) is 8.86. The van der Waals surface area contributed by atoms with Gasteiger partial charge < -0.3 is 19.5 Å². The summed E-state index contributed by atoms with van der Waals surface area (Å²) in [5.41, 5.74) is 1.10. The lowest BCUT2D eigenvalue weighted by Crippen LogP contribution is -2.44. The molecule has 2 aromatic rings. The summed E-state index contributed by atoms with van der Waals surface area (Å²) >= 11 is 1.63. The molecule has 10 heteroatoms. The number of unbranched alkanes of at least 4 members (excludes halogenated alkanes) is 13. The zero-order valence-corrected chi connectivity index (χ0v) is 31.0. The molecular formula is C39H60N3O6S+. The molecule has 0 spiro atoms. The van der Waals surface area contributed by atoms with E-state index in [1.54, 1.807) is 36.0 Å². The average molecular weight is 699 g/mol. The minimum absolute atomic E-state index is 0.0626. The number of carbonyl (C=O) groups excluding carboxylic acids is 3. The van der Waals surface area contributed by atoms with E-state index in [4.69, 9.17) is 14.2 Å². The predicted molar refractivity (Wildman–Crippen MR) is 196 cm³/mol. The van der Waals surface area contributed by atoms with Gasteiger partial charge in [-0.2, -0.15) is 0 Å². The van der Waals surface area contributed by atoms with Crippen LogP contribution in [0.3, 0.4) is 0 Å². The Morgan fingerprint density at radius 2 is 1.37 bits per heavy atom. The van der Waals surface area contributed by atoms with E-state index in [1.165, 1.54) is 84.2 Å². The number of rotatable bonds is 24. The lowest BCUT2D eigenvalue weighted by molar-refractivity contribution is -0.701. The second kappa shape index (κ2) is 24.0. The molecule has 0 saturated carbocycles. The van der Waals surface area contributed by atoms with E-state index < -0.39 is 12.0 Å². The summed E-state index contributed by atoms with van der Waals surface area (Å²) in [5, 5.41) is 3.11. The Hall–Kier alpha value is -3.27. The third-order valence-corrected chi connectivity index (χ3v) is 10.4. The first kappa shape index (κ1) is 40.2. The number of ether oxygens (including phenoxy) is 3. The summed E-state index contributed by atoms with van der Waals surface area (Å²) in [6.45, 7) is 6.16. The van der Waals surface area contributed by atoms with Crippen LogP contribution in [0.2, 0.25) is 0 Å². The van der Waals surface area contributed by atoms with Crippen molar-refractivity contribution in [3.8, 4) is 5.75 Å². The number of benzene rings is 1. The monoisotopic (exact) mass is 698 g/mol. The van der Waals surface area contributed by atoms with Gasteiger partial charge in [-0.3, -0.25) is 4.79 Å². The molecule has 1 aromatic carbocycles. The number of aromatic nitrogens is 1. The highest BCUT2D eigenvalue weighted by Gasteiger charge is 2.34. The molecular weight excluding hydrogens is 639 g/mol. The number of pyridine rings is 1. The molecule has 1 aliphatic rings. The van der Waals surface area contributed by atoms with Crippen molar-refractivity contribution in [2.45, 2.75) is 134 Å². The summed E-state index contributed by atoms with van der Waals surface area (Å²) < 4.78 is 18.4. The molecule has 272 valence electrons. The van der Waals surface area contributed by atoms with Crippen LogP contribution in [0, 0.1) is 0 Å². The molecule has 9 nitrogen and oxygen atoms in total. The number of amides is 3. The number of hydrogen-bond donors (Lipinski definition) is 1. The molecule has 2 unspecified atom stereocenters. The highest BCUT2D eigenvalue weighted by atomic mass is 32.2. The van der Waals surface area contributed by atoms with E-state index in [1.807, 2.05) is 35.9 Å². The molecule has 0 bridgehead atoms. The van der Waals surface area contributed by atoms with E-state index in [-0.39, 0.29) is 29.7 Å². The first-order valence-electron chi connectivity index (χ1n) is 18.6. The van der Waals surface area contributed by atoms with Crippen molar-refractivity contribution in [3.05, 3.63) is 59.9 Å². The van der Waals surface area contributed by atoms with Gasteiger partial charge in [-0.25, -0.2) is 19.1 Å². The smallest absolute Gasteiger partial charge is 0.417 e. The quantitative estimate of drug-likeness (QED) is 0.0864. The van der Waals surface area contributed by atoms with Gasteiger partial charge in [0.2, 0.25) is 5.69 Å². The fourth-order valence-electron chi connectivity index (χ4n) is 6.05. The first-order valence-corrected chi connectivity index (χ1v) is 19.6. The van der Waals surface area contributed by atoms with Crippen LogP contribution in [-0.2, 0) is 22.6 Å². The van der Waals surface area contributed by atoms with E-state index in [0.717, 1.165) is 29.9 Å². The van der Waals surface area contributed by atoms with Crippen molar-refractivity contribution in [3.63, 3.8) is 0 Å². The summed E-state index contributed by atoms with van der Waals surface area (Å²) in [6.07, 6.45) is 19.9. The van der Waals surface area contributed by atoms with Gasteiger partial charge in [0.25, 0.3) is 5.91 Å². The lowest BCUT2D eigenvalue weighted by atomic mass is 10.0. The minimum atomic E-state index is -0.703. The summed E-state index contributed by atoms with van der Waals surface area (Å²) in [4.78, 5) is 40.2. The standard InChI is InChI=1S/C39H59N3O6S/c1-4-6-7-8-9-10-11-12-13-14-15-16-17-21-26-40-38(44)47-30-33-28-34(49-33)31-48-39(45)42(29-32-23-20-22-27-41(32)5-2)37(43)35-24-18-19-25-36(35)46-3/h18-20,22-25,27,33-34H,4-17,21,26,28-31H2,1-3H3/p+1. The summed E-state index contributed by atoms with van der Waals surface area (Å²) in [7, 11) is 1.50. The Bertz CT molecular complexity index is 1250. The number of para-hydroxylation sites is 1. The van der Waals surface area contributed by atoms with E-state index in [0.29, 0.717) is 31.0 Å². The van der Waals surface area contributed by atoms with Gasteiger partial charge in [0, 0.05) is 29.2 Å². The zero-order chi connectivity index (χ0) is 35.1. The van der Waals surface area contributed by atoms with Crippen LogP contribution in [0.1, 0.15) is 126 Å². The van der Waals surface area contributed by atoms with Gasteiger partial charge in [0.05, 0.1) is 12.7 Å². The second-order valence-electron chi connectivity index (χ2n) is 12.9. The maximum atomic E-state index is 13.6. The molecule has 1 aliphatic heterocycles. The van der Waals surface area contributed by atoms with Crippen molar-refractivity contribution in [2.24, 2.45) is 0 Å². The normalized spacial score (nSPS) is 15.2. The highest BCUT2D eigenvalue weighted by molar-refractivity contribution is 8.01. The number of nitrogens with one attached hydrogen (secondary N) is 1. The number of hydrogen-bond acceptors (Lipinski definition) is 7. The van der Waals surface area contributed by atoms with Crippen molar-refractivity contribution < 1.29 is 33.2 Å². The van der Waals surface area contributed by atoms with E-state index >= 15 is 0 Å². The number of nitrogens with zero attached hydrogens (tertiary/aromatic N) is 2. The second-order valence-corrected chi connectivity index (χ2v) is 14.5. The number of thioether (sulfide) groups is 1. The Morgan fingerprint density at radius 1 is 0.796 bits per heavy atom. The summed E-state index contributed by atoms with van der Waals surface area (Å²) in [5.74, 6) is -0.0932. The number of carbonyl (C=O) groups is 3. The third-order valence-electron chi connectivity index (χ3n) is 9.00. The van der Waals surface area contributed by atoms with Crippen LogP contribution in [0.15, 0.2) is 48.7 Å². The average Bonchev–Trinajstić information content (AvgIpc) is 3.11. The first-order chi connectivity index (χ1) is 24.0. The van der Waals surface area contributed by atoms with Crippen LogP contribution in [0.4, 0.5) is 9.59 Å². The molecule has 1 fully saturated rings. The molecule has 3 amide bonds. The number of aryl methyl sites for hydroxylation is 1. The summed E-state index contributed by atoms with van der Waals surface area (Å²) in [6, 6.07) is 12.5.